The van der Waals surface area contributed by atoms with Crippen LogP contribution in [0.15, 0.2) is 24.5 Å². The Balaban J connectivity index is 0.000000286. The minimum Gasteiger partial charge on any atom is -0.475 e. The van der Waals surface area contributed by atoms with Gasteiger partial charge in [0.2, 0.25) is 5.91 Å². The maximum atomic E-state index is 12.9. The molecule has 3 heterocycles. The van der Waals surface area contributed by atoms with Crippen LogP contribution in [0, 0.1) is 11.3 Å². The summed E-state index contributed by atoms with van der Waals surface area (Å²) >= 11 is 0. The Bertz CT molecular complexity index is 902. The van der Waals surface area contributed by atoms with E-state index in [9.17, 15) is 31.1 Å². The van der Waals surface area contributed by atoms with Crippen molar-refractivity contribution in [3.05, 3.63) is 30.1 Å². The minimum atomic E-state index is -5.08. The van der Waals surface area contributed by atoms with Crippen molar-refractivity contribution in [2.75, 3.05) is 26.2 Å². The molecule has 0 aromatic carbocycles. The Hall–Kier alpha value is -2.94. The number of amides is 1. The van der Waals surface area contributed by atoms with Gasteiger partial charge in [0.1, 0.15) is 0 Å². The molecule has 1 aromatic heterocycles. The molecular formula is C22H27F6N3O6. The van der Waals surface area contributed by atoms with Crippen LogP contribution in [-0.4, -0.2) is 82.6 Å². The fraction of sp³-hybridized carbons (Fsp3) is 0.636. The van der Waals surface area contributed by atoms with Gasteiger partial charge in [-0.1, -0.05) is 0 Å². The lowest BCUT2D eigenvalue weighted by Crippen LogP contribution is -2.57. The molecule has 0 spiro atoms. The zero-order valence-electron chi connectivity index (χ0n) is 19.5. The van der Waals surface area contributed by atoms with Gasteiger partial charge >= 0.3 is 24.3 Å². The minimum absolute atomic E-state index is 0.0930. The molecule has 208 valence electrons. The molecule has 1 saturated carbocycles. The fourth-order valence-electron chi connectivity index (χ4n) is 3.97. The first kappa shape index (κ1) is 30.3. The number of likely N-dealkylation sites (tertiary alicyclic amines) is 1. The van der Waals surface area contributed by atoms with E-state index < -0.39 is 24.3 Å². The molecule has 3 fully saturated rings. The van der Waals surface area contributed by atoms with Crippen molar-refractivity contribution in [2.24, 2.45) is 11.3 Å². The molecule has 4 rings (SSSR count). The van der Waals surface area contributed by atoms with Gasteiger partial charge in [-0.3, -0.25) is 14.7 Å². The van der Waals surface area contributed by atoms with Crippen LogP contribution in [0.1, 0.15) is 31.2 Å². The van der Waals surface area contributed by atoms with Crippen molar-refractivity contribution in [1.82, 2.24) is 15.2 Å². The molecule has 2 saturated heterocycles. The average molecular weight is 543 g/mol. The zero-order valence-corrected chi connectivity index (χ0v) is 19.5. The summed E-state index contributed by atoms with van der Waals surface area (Å²) in [4.78, 5) is 37.2. The van der Waals surface area contributed by atoms with Crippen LogP contribution < -0.4 is 5.32 Å². The molecule has 9 nitrogen and oxygen atoms in total. The first-order valence-corrected chi connectivity index (χ1v) is 11.3. The number of carboxylic acids is 2. The number of carbonyl (C=O) groups excluding carboxylic acids is 1. The highest BCUT2D eigenvalue weighted by Gasteiger charge is 2.53. The molecule has 1 aromatic rings. The summed E-state index contributed by atoms with van der Waals surface area (Å²) in [6.07, 6.45) is -2.08. The lowest BCUT2D eigenvalue weighted by atomic mass is 9.75. The molecule has 3 aliphatic rings. The first-order chi connectivity index (χ1) is 17.1. The van der Waals surface area contributed by atoms with Gasteiger partial charge in [-0.05, 0) is 49.3 Å². The first-order valence-electron chi connectivity index (χ1n) is 11.3. The van der Waals surface area contributed by atoms with E-state index in [1.807, 2.05) is 12.4 Å². The number of carbonyl (C=O) groups is 3. The predicted octanol–water partition coefficient (Wildman–Crippen LogP) is 2.86. The van der Waals surface area contributed by atoms with E-state index >= 15 is 0 Å². The third-order valence-electron chi connectivity index (χ3n) is 6.04. The van der Waals surface area contributed by atoms with E-state index in [4.69, 9.17) is 24.5 Å². The molecule has 1 amide bonds. The number of ether oxygens (including phenoxy) is 1. The topological polar surface area (TPSA) is 129 Å². The second-order valence-electron chi connectivity index (χ2n) is 8.88. The normalized spacial score (nSPS) is 23.5. The molecule has 0 radical (unpaired) electrons. The number of fused-ring (bicyclic) bond motifs is 1. The summed E-state index contributed by atoms with van der Waals surface area (Å²) in [5, 5.41) is 17.5. The van der Waals surface area contributed by atoms with E-state index in [0.29, 0.717) is 12.5 Å². The Labute approximate surface area is 207 Å². The number of hydrogen-bond acceptors (Lipinski definition) is 6. The Morgan fingerprint density at radius 1 is 1.03 bits per heavy atom. The number of rotatable bonds is 5. The number of carboxylic acid groups (broad SMARTS) is 2. The zero-order chi connectivity index (χ0) is 27.9. The Morgan fingerprint density at radius 2 is 1.57 bits per heavy atom. The number of pyridine rings is 1. The highest BCUT2D eigenvalue weighted by atomic mass is 19.4. The van der Waals surface area contributed by atoms with E-state index in [-0.39, 0.29) is 17.4 Å². The van der Waals surface area contributed by atoms with Crippen LogP contribution >= 0.6 is 0 Å². The number of hydrogen-bond donors (Lipinski definition) is 3. The Kier molecular flexibility index (Phi) is 10.3. The van der Waals surface area contributed by atoms with E-state index in [1.165, 1.54) is 18.4 Å². The predicted molar refractivity (Wildman–Crippen MR) is 114 cm³/mol. The van der Waals surface area contributed by atoms with Crippen molar-refractivity contribution < 1.29 is 55.7 Å². The largest absolute Gasteiger partial charge is 0.490 e. The summed E-state index contributed by atoms with van der Waals surface area (Å²) in [7, 11) is 0. The number of nitrogens with zero attached hydrogens (tertiary/aromatic N) is 2. The average Bonchev–Trinajstić information content (AvgIpc) is 3.54. The van der Waals surface area contributed by atoms with E-state index in [2.05, 4.69) is 27.3 Å². The van der Waals surface area contributed by atoms with Gasteiger partial charge in [-0.2, -0.15) is 26.3 Å². The molecule has 15 heteroatoms. The van der Waals surface area contributed by atoms with Gasteiger partial charge < -0.3 is 20.3 Å². The van der Waals surface area contributed by atoms with E-state index in [0.717, 1.165) is 39.0 Å². The van der Waals surface area contributed by atoms with Crippen LogP contribution in [0.25, 0.3) is 0 Å². The van der Waals surface area contributed by atoms with Crippen LogP contribution in [0.5, 0.6) is 0 Å². The number of alkyl halides is 6. The number of aliphatic carboxylic acids is 2. The smallest absolute Gasteiger partial charge is 0.475 e. The van der Waals surface area contributed by atoms with Crippen molar-refractivity contribution in [3.63, 3.8) is 0 Å². The van der Waals surface area contributed by atoms with E-state index in [1.54, 1.807) is 0 Å². The molecular weight excluding hydrogens is 516 g/mol. The molecule has 3 N–H and O–H groups in total. The second-order valence-corrected chi connectivity index (χ2v) is 8.88. The van der Waals surface area contributed by atoms with Gasteiger partial charge in [-0.25, -0.2) is 9.59 Å². The maximum Gasteiger partial charge on any atom is 0.490 e. The third kappa shape index (κ3) is 9.46. The van der Waals surface area contributed by atoms with Gasteiger partial charge in [0.25, 0.3) is 0 Å². The Morgan fingerprint density at radius 3 is 2.05 bits per heavy atom. The number of aromatic nitrogens is 1. The van der Waals surface area contributed by atoms with Crippen molar-refractivity contribution in [1.29, 1.82) is 0 Å². The molecule has 37 heavy (non-hydrogen) atoms. The van der Waals surface area contributed by atoms with Crippen molar-refractivity contribution >= 4 is 17.8 Å². The highest BCUT2D eigenvalue weighted by Crippen LogP contribution is 2.41. The summed E-state index contributed by atoms with van der Waals surface area (Å²) in [5.41, 5.74) is 0.908. The number of halogens is 6. The van der Waals surface area contributed by atoms with Crippen LogP contribution in [0.4, 0.5) is 26.3 Å². The van der Waals surface area contributed by atoms with Crippen LogP contribution in [0.3, 0.4) is 0 Å². The van der Waals surface area contributed by atoms with Crippen LogP contribution in [-0.2, 0) is 25.7 Å². The summed E-state index contributed by atoms with van der Waals surface area (Å²) in [6.45, 7) is 4.23. The van der Waals surface area contributed by atoms with Gasteiger partial charge in [-0.15, -0.1) is 0 Å². The monoisotopic (exact) mass is 543 g/mol. The molecule has 2 atom stereocenters. The second kappa shape index (κ2) is 12.5. The molecule has 0 bridgehead atoms. The third-order valence-corrected chi connectivity index (χ3v) is 6.04. The van der Waals surface area contributed by atoms with Crippen molar-refractivity contribution in [3.8, 4) is 0 Å². The summed E-state index contributed by atoms with van der Waals surface area (Å²) < 4.78 is 69.4. The summed E-state index contributed by atoms with van der Waals surface area (Å²) in [5.74, 6) is -4.58. The number of nitrogens with one attached hydrogen (secondary N) is 1. The SMILES string of the molecule is O=C(NCC1CC1)[C@@]12CCO[C@@H]1CCN(Cc1ccncc1)C2.O=C(O)C(F)(F)F.O=C(O)C(F)(F)F. The molecule has 1 aliphatic carbocycles. The standard InChI is InChI=1S/C18H25N3O2.2C2HF3O2/c22-17(20-11-14-1-2-14)18-6-10-23-16(18)5-9-21(13-18)12-15-3-7-19-8-4-15;2*3-2(4,5)1(6)7/h3-4,7-8,14,16H,1-2,5-6,9-13H2,(H,20,22);2*(H,6,7)/t16-,18-;;/m1../s1. The van der Waals surface area contributed by atoms with Gasteiger partial charge in [0.15, 0.2) is 0 Å². The molecule has 2 aliphatic heterocycles. The van der Waals surface area contributed by atoms with Crippen molar-refractivity contribution in [2.45, 2.75) is 50.7 Å². The lowest BCUT2D eigenvalue weighted by Gasteiger charge is -2.42. The molecule has 0 unspecified atom stereocenters. The van der Waals surface area contributed by atoms with Crippen LogP contribution in [0.2, 0.25) is 0 Å². The maximum absolute atomic E-state index is 12.9. The van der Waals surface area contributed by atoms with Gasteiger partial charge in [0.05, 0.1) is 11.5 Å². The highest BCUT2D eigenvalue weighted by molar-refractivity contribution is 5.84. The quantitative estimate of drug-likeness (QED) is 0.484. The van der Waals surface area contributed by atoms with Gasteiger partial charge in [0, 0.05) is 45.2 Å². The summed E-state index contributed by atoms with van der Waals surface area (Å²) in [6, 6.07) is 4.11. The lowest BCUT2D eigenvalue weighted by molar-refractivity contribution is -0.193. The fourth-order valence-corrected chi connectivity index (χ4v) is 3.97. The number of piperidine rings is 1.